The molecule has 1 aromatic heterocycles. The molecule has 0 amide bonds. The zero-order valence-corrected chi connectivity index (χ0v) is 14.9. The Morgan fingerprint density at radius 3 is 2.44 bits per heavy atom. The average Bonchev–Trinajstić information content (AvgIpc) is 2.71. The summed E-state index contributed by atoms with van der Waals surface area (Å²) in [5, 5.41) is 13.9. The van der Waals surface area contributed by atoms with E-state index in [2.05, 4.69) is 42.8 Å². The summed E-state index contributed by atoms with van der Waals surface area (Å²) in [6, 6.07) is 14.6. The normalized spacial score (nSPS) is 14.0. The lowest BCUT2D eigenvalue weighted by Crippen LogP contribution is -2.29. The van der Waals surface area contributed by atoms with Crippen molar-refractivity contribution < 1.29 is 4.39 Å². The van der Waals surface area contributed by atoms with E-state index >= 15 is 0 Å². The zero-order chi connectivity index (χ0) is 18.5. The molecule has 4 rings (SSSR count). The molecule has 1 aliphatic heterocycles. The maximum atomic E-state index is 13.8. The minimum atomic E-state index is -0.368. The van der Waals surface area contributed by atoms with Gasteiger partial charge in [-0.2, -0.15) is 10.1 Å². The van der Waals surface area contributed by atoms with Crippen LogP contribution in [0.3, 0.4) is 0 Å². The first kappa shape index (κ1) is 17.2. The Hall–Kier alpha value is -3.22. The predicted octanol–water partition coefficient (Wildman–Crippen LogP) is 4.49. The highest BCUT2D eigenvalue weighted by Crippen LogP contribution is 2.23. The fraction of sp³-hybridized carbons (Fsp3) is 0.250. The first-order valence-corrected chi connectivity index (χ1v) is 9.11. The van der Waals surface area contributed by atoms with Gasteiger partial charge in [0.15, 0.2) is 5.82 Å². The van der Waals surface area contributed by atoms with Crippen LogP contribution in [0.1, 0.15) is 19.3 Å². The lowest BCUT2D eigenvalue weighted by atomic mass is 10.1. The average molecular weight is 364 g/mol. The van der Waals surface area contributed by atoms with Crippen molar-refractivity contribution in [2.24, 2.45) is 0 Å². The third kappa shape index (κ3) is 4.31. The number of anilines is 5. The number of rotatable bonds is 5. The van der Waals surface area contributed by atoms with Gasteiger partial charge in [0.1, 0.15) is 5.82 Å². The number of nitrogens with one attached hydrogen (secondary N) is 2. The SMILES string of the molecule is Fc1ccccc1Nc1nncc(Nc2ccc(N3CCCCC3)cc2)n1. The van der Waals surface area contributed by atoms with Gasteiger partial charge in [0.2, 0.25) is 5.95 Å². The number of aromatic nitrogens is 3. The van der Waals surface area contributed by atoms with Crippen molar-refractivity contribution in [2.45, 2.75) is 19.3 Å². The standard InChI is InChI=1S/C20H21FN6/c21-17-6-2-3-7-18(17)24-20-25-19(14-22-26-20)23-15-8-10-16(11-9-15)27-12-4-1-5-13-27/h2-3,6-11,14H,1,4-5,12-13H2,(H2,23,24,25,26). The van der Waals surface area contributed by atoms with Crippen LogP contribution in [0, 0.1) is 5.82 Å². The number of para-hydroxylation sites is 1. The molecule has 0 aliphatic carbocycles. The molecule has 1 fully saturated rings. The highest BCUT2D eigenvalue weighted by molar-refractivity contribution is 5.62. The molecule has 0 spiro atoms. The molecule has 1 aliphatic rings. The van der Waals surface area contributed by atoms with Gasteiger partial charge in [0.05, 0.1) is 11.9 Å². The second-order valence-corrected chi connectivity index (χ2v) is 6.49. The molecule has 1 saturated heterocycles. The van der Waals surface area contributed by atoms with Crippen LogP contribution >= 0.6 is 0 Å². The second-order valence-electron chi connectivity index (χ2n) is 6.49. The predicted molar refractivity (Wildman–Crippen MR) is 105 cm³/mol. The van der Waals surface area contributed by atoms with Crippen LogP contribution in [-0.2, 0) is 0 Å². The molecule has 138 valence electrons. The molecule has 0 atom stereocenters. The number of benzene rings is 2. The molecule has 0 bridgehead atoms. The fourth-order valence-electron chi connectivity index (χ4n) is 3.16. The van der Waals surface area contributed by atoms with E-state index in [-0.39, 0.29) is 11.8 Å². The lowest BCUT2D eigenvalue weighted by Gasteiger charge is -2.28. The van der Waals surface area contributed by atoms with Gasteiger partial charge < -0.3 is 15.5 Å². The molecular formula is C20H21FN6. The van der Waals surface area contributed by atoms with E-state index in [9.17, 15) is 4.39 Å². The summed E-state index contributed by atoms with van der Waals surface area (Å²) in [7, 11) is 0. The smallest absolute Gasteiger partial charge is 0.249 e. The van der Waals surface area contributed by atoms with Gasteiger partial charge in [-0.25, -0.2) is 4.39 Å². The molecule has 3 aromatic rings. The Bertz CT molecular complexity index is 893. The van der Waals surface area contributed by atoms with E-state index in [4.69, 9.17) is 0 Å². The largest absolute Gasteiger partial charge is 0.372 e. The van der Waals surface area contributed by atoms with Crippen molar-refractivity contribution in [2.75, 3.05) is 28.6 Å². The summed E-state index contributed by atoms with van der Waals surface area (Å²) in [6.07, 6.45) is 5.36. The topological polar surface area (TPSA) is 66.0 Å². The molecule has 0 unspecified atom stereocenters. The van der Waals surface area contributed by atoms with E-state index in [0.717, 1.165) is 18.8 Å². The van der Waals surface area contributed by atoms with Gasteiger partial charge in [-0.1, -0.05) is 12.1 Å². The van der Waals surface area contributed by atoms with Crippen LogP contribution in [0.25, 0.3) is 0 Å². The maximum Gasteiger partial charge on any atom is 0.249 e. The van der Waals surface area contributed by atoms with Crippen molar-refractivity contribution >= 4 is 28.8 Å². The van der Waals surface area contributed by atoms with Gasteiger partial charge in [-0.05, 0) is 55.7 Å². The minimum absolute atomic E-state index is 0.232. The van der Waals surface area contributed by atoms with Crippen LogP contribution in [0.4, 0.5) is 33.2 Å². The number of hydrogen-bond donors (Lipinski definition) is 2. The maximum absolute atomic E-state index is 13.8. The zero-order valence-electron chi connectivity index (χ0n) is 14.9. The molecule has 2 N–H and O–H groups in total. The summed E-state index contributed by atoms with van der Waals surface area (Å²) >= 11 is 0. The minimum Gasteiger partial charge on any atom is -0.372 e. The Morgan fingerprint density at radius 1 is 0.889 bits per heavy atom. The Balaban J connectivity index is 1.44. The first-order valence-electron chi connectivity index (χ1n) is 9.11. The number of hydrogen-bond acceptors (Lipinski definition) is 6. The molecule has 0 radical (unpaired) electrons. The molecule has 0 saturated carbocycles. The van der Waals surface area contributed by atoms with Crippen molar-refractivity contribution in [1.29, 1.82) is 0 Å². The number of halogens is 1. The van der Waals surface area contributed by atoms with Crippen LogP contribution in [-0.4, -0.2) is 28.3 Å². The van der Waals surface area contributed by atoms with Gasteiger partial charge in [-0.3, -0.25) is 0 Å². The monoisotopic (exact) mass is 364 g/mol. The summed E-state index contributed by atoms with van der Waals surface area (Å²) < 4.78 is 13.8. The van der Waals surface area contributed by atoms with Crippen LogP contribution in [0.15, 0.2) is 54.7 Å². The molecule has 27 heavy (non-hydrogen) atoms. The highest BCUT2D eigenvalue weighted by Gasteiger charge is 2.11. The van der Waals surface area contributed by atoms with Crippen LogP contribution in [0.2, 0.25) is 0 Å². The lowest BCUT2D eigenvalue weighted by molar-refractivity contribution is 0.578. The van der Waals surface area contributed by atoms with E-state index < -0.39 is 0 Å². The molecule has 7 heteroatoms. The van der Waals surface area contributed by atoms with E-state index in [1.54, 1.807) is 18.2 Å². The summed E-state index contributed by atoms with van der Waals surface area (Å²) in [5.41, 5.74) is 2.46. The summed E-state index contributed by atoms with van der Waals surface area (Å²) in [4.78, 5) is 6.76. The fourth-order valence-corrected chi connectivity index (χ4v) is 3.16. The van der Waals surface area contributed by atoms with Gasteiger partial charge in [-0.15, -0.1) is 5.10 Å². The van der Waals surface area contributed by atoms with Crippen molar-refractivity contribution in [1.82, 2.24) is 15.2 Å². The second kappa shape index (κ2) is 7.99. The van der Waals surface area contributed by atoms with Crippen LogP contribution in [0.5, 0.6) is 0 Å². The third-order valence-electron chi connectivity index (χ3n) is 4.54. The Labute approximate surface area is 157 Å². The van der Waals surface area contributed by atoms with Gasteiger partial charge >= 0.3 is 0 Å². The number of piperidine rings is 1. The molecular weight excluding hydrogens is 343 g/mol. The third-order valence-corrected chi connectivity index (χ3v) is 4.54. The molecule has 2 aromatic carbocycles. The Morgan fingerprint density at radius 2 is 1.67 bits per heavy atom. The van der Waals surface area contributed by atoms with Gasteiger partial charge in [0, 0.05) is 24.5 Å². The van der Waals surface area contributed by atoms with E-state index in [0.29, 0.717) is 11.5 Å². The van der Waals surface area contributed by atoms with Crippen molar-refractivity contribution in [3.63, 3.8) is 0 Å². The summed E-state index contributed by atoms with van der Waals surface area (Å²) in [6.45, 7) is 2.24. The summed E-state index contributed by atoms with van der Waals surface area (Å²) in [5.74, 6) is 0.400. The van der Waals surface area contributed by atoms with Crippen molar-refractivity contribution in [3.05, 3.63) is 60.5 Å². The van der Waals surface area contributed by atoms with E-state index in [1.165, 1.54) is 37.2 Å². The Kier molecular flexibility index (Phi) is 5.09. The van der Waals surface area contributed by atoms with Gasteiger partial charge in [0.25, 0.3) is 0 Å². The van der Waals surface area contributed by atoms with E-state index in [1.807, 2.05) is 12.1 Å². The first-order chi connectivity index (χ1) is 13.3. The number of nitrogens with zero attached hydrogens (tertiary/aromatic N) is 4. The molecule has 2 heterocycles. The quantitative estimate of drug-likeness (QED) is 0.695. The highest BCUT2D eigenvalue weighted by atomic mass is 19.1. The molecule has 6 nitrogen and oxygen atoms in total. The van der Waals surface area contributed by atoms with Crippen molar-refractivity contribution in [3.8, 4) is 0 Å². The van der Waals surface area contributed by atoms with Crippen LogP contribution < -0.4 is 15.5 Å².